The van der Waals surface area contributed by atoms with Crippen molar-refractivity contribution in [3.63, 3.8) is 0 Å². The summed E-state index contributed by atoms with van der Waals surface area (Å²) in [6.07, 6.45) is 7.19. The van der Waals surface area contributed by atoms with Crippen LogP contribution < -0.4 is 0 Å². The molecule has 4 heteroatoms. The fourth-order valence-corrected chi connectivity index (χ4v) is 3.69. The van der Waals surface area contributed by atoms with E-state index in [1.807, 2.05) is 29.9 Å². The molecule has 2 fully saturated rings. The SMILES string of the molecule is Cn1cccc1C(=O)CN1CCC(CN2CCCC2)CC1. The summed E-state index contributed by atoms with van der Waals surface area (Å²) in [6, 6.07) is 3.86. The number of hydrogen-bond acceptors (Lipinski definition) is 3. The largest absolute Gasteiger partial charge is 0.348 e. The predicted molar refractivity (Wildman–Crippen MR) is 84.6 cm³/mol. The molecule has 116 valence electrons. The second kappa shape index (κ2) is 6.75. The van der Waals surface area contributed by atoms with Gasteiger partial charge < -0.3 is 9.47 Å². The smallest absolute Gasteiger partial charge is 0.193 e. The van der Waals surface area contributed by atoms with Crippen LogP contribution in [0.25, 0.3) is 0 Å². The number of aromatic nitrogens is 1. The summed E-state index contributed by atoms with van der Waals surface area (Å²) in [5.74, 6) is 1.09. The Morgan fingerprint density at radius 3 is 2.48 bits per heavy atom. The van der Waals surface area contributed by atoms with E-state index in [9.17, 15) is 4.79 Å². The Labute approximate surface area is 127 Å². The molecule has 0 spiro atoms. The Balaban J connectivity index is 1.43. The van der Waals surface area contributed by atoms with Gasteiger partial charge in [-0.3, -0.25) is 9.69 Å². The van der Waals surface area contributed by atoms with Gasteiger partial charge in [0.15, 0.2) is 5.78 Å². The van der Waals surface area contributed by atoms with Crippen LogP contribution in [0.4, 0.5) is 0 Å². The standard InChI is InChI=1S/C17H27N3O/c1-18-8-4-5-16(18)17(21)14-20-11-6-15(7-12-20)13-19-9-2-3-10-19/h4-5,8,15H,2-3,6-7,9-14H2,1H3. The number of likely N-dealkylation sites (tertiary alicyclic amines) is 2. The maximum Gasteiger partial charge on any atom is 0.193 e. The van der Waals surface area contributed by atoms with Crippen LogP contribution in [0.1, 0.15) is 36.2 Å². The van der Waals surface area contributed by atoms with Crippen LogP contribution in [0.5, 0.6) is 0 Å². The van der Waals surface area contributed by atoms with Crippen molar-refractivity contribution in [2.24, 2.45) is 13.0 Å². The lowest BCUT2D eigenvalue weighted by Crippen LogP contribution is -2.40. The van der Waals surface area contributed by atoms with Crippen LogP contribution in [0.3, 0.4) is 0 Å². The van der Waals surface area contributed by atoms with E-state index in [4.69, 9.17) is 0 Å². The monoisotopic (exact) mass is 289 g/mol. The van der Waals surface area contributed by atoms with Crippen molar-refractivity contribution in [2.45, 2.75) is 25.7 Å². The molecule has 4 nitrogen and oxygen atoms in total. The van der Waals surface area contributed by atoms with Crippen LogP contribution in [-0.4, -0.2) is 59.4 Å². The molecule has 0 amide bonds. The fraction of sp³-hybridized carbons (Fsp3) is 0.706. The summed E-state index contributed by atoms with van der Waals surface area (Å²) in [4.78, 5) is 17.2. The number of piperidine rings is 1. The third-order valence-electron chi connectivity index (χ3n) is 5.02. The van der Waals surface area contributed by atoms with E-state index in [2.05, 4.69) is 9.80 Å². The maximum absolute atomic E-state index is 12.3. The van der Waals surface area contributed by atoms with Gasteiger partial charge in [-0.05, 0) is 69.9 Å². The minimum Gasteiger partial charge on any atom is -0.348 e. The van der Waals surface area contributed by atoms with Crippen LogP contribution in [0, 0.1) is 5.92 Å². The zero-order chi connectivity index (χ0) is 14.7. The van der Waals surface area contributed by atoms with Gasteiger partial charge in [0.25, 0.3) is 0 Å². The van der Waals surface area contributed by atoms with Crippen molar-refractivity contribution >= 4 is 5.78 Å². The molecule has 0 saturated carbocycles. The molecular formula is C17H27N3O. The summed E-state index contributed by atoms with van der Waals surface area (Å²) in [5, 5.41) is 0. The van der Waals surface area contributed by atoms with Gasteiger partial charge in [0, 0.05) is 19.8 Å². The molecule has 1 aromatic heterocycles. The van der Waals surface area contributed by atoms with E-state index in [0.717, 1.165) is 24.7 Å². The Morgan fingerprint density at radius 2 is 1.86 bits per heavy atom. The Bertz CT molecular complexity index is 468. The fourth-order valence-electron chi connectivity index (χ4n) is 3.69. The van der Waals surface area contributed by atoms with Crippen molar-refractivity contribution in [1.29, 1.82) is 0 Å². The van der Waals surface area contributed by atoms with Crippen LogP contribution in [0.15, 0.2) is 18.3 Å². The molecule has 0 aliphatic carbocycles. The number of carbonyl (C=O) groups excluding carboxylic acids is 1. The number of aryl methyl sites for hydroxylation is 1. The molecule has 0 atom stereocenters. The Hall–Kier alpha value is -1.13. The second-order valence-electron chi connectivity index (χ2n) is 6.65. The number of hydrogen-bond donors (Lipinski definition) is 0. The topological polar surface area (TPSA) is 28.5 Å². The minimum absolute atomic E-state index is 0.250. The molecule has 0 N–H and O–H groups in total. The van der Waals surface area contributed by atoms with Gasteiger partial charge in [0.05, 0.1) is 12.2 Å². The van der Waals surface area contributed by atoms with Crippen LogP contribution in [-0.2, 0) is 7.05 Å². The molecule has 3 heterocycles. The zero-order valence-electron chi connectivity index (χ0n) is 13.1. The van der Waals surface area contributed by atoms with E-state index in [-0.39, 0.29) is 5.78 Å². The molecule has 0 aromatic carbocycles. The first-order chi connectivity index (χ1) is 10.2. The first kappa shape index (κ1) is 14.8. The van der Waals surface area contributed by atoms with Gasteiger partial charge in [-0.15, -0.1) is 0 Å². The summed E-state index contributed by atoms with van der Waals surface area (Å²) in [5.41, 5.74) is 0.828. The number of nitrogens with zero attached hydrogens (tertiary/aromatic N) is 3. The summed E-state index contributed by atoms with van der Waals surface area (Å²) < 4.78 is 1.92. The molecule has 2 aliphatic rings. The first-order valence-electron chi connectivity index (χ1n) is 8.31. The highest BCUT2D eigenvalue weighted by atomic mass is 16.1. The third-order valence-corrected chi connectivity index (χ3v) is 5.02. The summed E-state index contributed by atoms with van der Waals surface area (Å²) in [7, 11) is 1.94. The van der Waals surface area contributed by atoms with Gasteiger partial charge in [-0.25, -0.2) is 0 Å². The Morgan fingerprint density at radius 1 is 1.14 bits per heavy atom. The van der Waals surface area contributed by atoms with E-state index < -0.39 is 0 Å². The predicted octanol–water partition coefficient (Wildman–Crippen LogP) is 2.02. The van der Waals surface area contributed by atoms with Gasteiger partial charge >= 0.3 is 0 Å². The highest BCUT2D eigenvalue weighted by molar-refractivity contribution is 5.96. The second-order valence-corrected chi connectivity index (χ2v) is 6.65. The molecular weight excluding hydrogens is 262 g/mol. The molecule has 0 bridgehead atoms. The van der Waals surface area contributed by atoms with Gasteiger partial charge in [-0.1, -0.05) is 0 Å². The number of ketones is 1. The molecule has 2 saturated heterocycles. The number of rotatable bonds is 5. The Kier molecular flexibility index (Phi) is 4.76. The van der Waals surface area contributed by atoms with Crippen molar-refractivity contribution in [2.75, 3.05) is 39.3 Å². The highest BCUT2D eigenvalue weighted by Crippen LogP contribution is 2.20. The van der Waals surface area contributed by atoms with E-state index >= 15 is 0 Å². The zero-order valence-corrected chi connectivity index (χ0v) is 13.1. The molecule has 21 heavy (non-hydrogen) atoms. The van der Waals surface area contributed by atoms with E-state index in [1.165, 1.54) is 45.3 Å². The van der Waals surface area contributed by atoms with Gasteiger partial charge in [0.2, 0.25) is 0 Å². The molecule has 2 aliphatic heterocycles. The summed E-state index contributed by atoms with van der Waals surface area (Å²) in [6.45, 7) is 6.61. The lowest BCUT2D eigenvalue weighted by Gasteiger charge is -2.33. The number of carbonyl (C=O) groups is 1. The quantitative estimate of drug-likeness (QED) is 0.776. The van der Waals surface area contributed by atoms with Crippen LogP contribution >= 0.6 is 0 Å². The van der Waals surface area contributed by atoms with Crippen LogP contribution in [0.2, 0.25) is 0 Å². The highest BCUT2D eigenvalue weighted by Gasteiger charge is 2.24. The van der Waals surface area contributed by atoms with Gasteiger partial charge in [-0.2, -0.15) is 0 Å². The minimum atomic E-state index is 0.250. The van der Waals surface area contributed by atoms with Gasteiger partial charge in [0.1, 0.15) is 0 Å². The summed E-state index contributed by atoms with van der Waals surface area (Å²) >= 11 is 0. The molecule has 0 radical (unpaired) electrons. The lowest BCUT2D eigenvalue weighted by molar-refractivity contribution is 0.0874. The van der Waals surface area contributed by atoms with Crippen molar-refractivity contribution in [1.82, 2.24) is 14.4 Å². The van der Waals surface area contributed by atoms with E-state index in [0.29, 0.717) is 6.54 Å². The lowest BCUT2D eigenvalue weighted by atomic mass is 9.96. The average molecular weight is 289 g/mol. The molecule has 0 unspecified atom stereocenters. The normalized spacial score (nSPS) is 22.0. The van der Waals surface area contributed by atoms with Crippen molar-refractivity contribution in [3.05, 3.63) is 24.0 Å². The maximum atomic E-state index is 12.3. The average Bonchev–Trinajstić information content (AvgIpc) is 3.12. The van der Waals surface area contributed by atoms with Crippen molar-refractivity contribution < 1.29 is 4.79 Å². The number of Topliss-reactive ketones (excluding diaryl/α,β-unsaturated/α-hetero) is 1. The molecule has 1 aromatic rings. The van der Waals surface area contributed by atoms with E-state index in [1.54, 1.807) is 0 Å². The first-order valence-corrected chi connectivity index (χ1v) is 8.31. The van der Waals surface area contributed by atoms with Crippen molar-refractivity contribution in [3.8, 4) is 0 Å². The third kappa shape index (κ3) is 3.74. The molecule has 3 rings (SSSR count).